The molecule has 1 rings (SSSR count). The van der Waals surface area contributed by atoms with Gasteiger partial charge in [-0.2, -0.15) is 0 Å². The number of amides is 2. The third-order valence-electron chi connectivity index (χ3n) is 2.45. The molecule has 0 fully saturated rings. The van der Waals surface area contributed by atoms with Crippen LogP contribution in [0.2, 0.25) is 10.0 Å². The van der Waals surface area contributed by atoms with Crippen molar-refractivity contribution in [1.82, 2.24) is 5.32 Å². The van der Waals surface area contributed by atoms with Crippen molar-refractivity contribution >= 4 is 46.9 Å². The van der Waals surface area contributed by atoms with E-state index in [0.717, 1.165) is 0 Å². The van der Waals surface area contributed by atoms with E-state index in [0.29, 0.717) is 0 Å². The topological polar surface area (TPSA) is 116 Å². The van der Waals surface area contributed by atoms with Crippen LogP contribution >= 0.6 is 23.2 Å². The number of benzene rings is 1. The average Bonchev–Trinajstić information content (AvgIpc) is 2.38. The molecule has 0 saturated carbocycles. The molecule has 0 aliphatic carbocycles. The van der Waals surface area contributed by atoms with Crippen LogP contribution in [-0.2, 0) is 9.59 Å². The number of rotatable bonds is 6. The summed E-state index contributed by atoms with van der Waals surface area (Å²) in [5.41, 5.74) is 0.140. The van der Waals surface area contributed by atoms with Gasteiger partial charge in [0.05, 0.1) is 15.7 Å². The number of carboxylic acids is 2. The molecule has 1 aromatic rings. The number of carbonyl (C=O) groups excluding carboxylic acids is 1. The van der Waals surface area contributed by atoms with Crippen LogP contribution in [0.1, 0.15) is 12.8 Å². The number of aliphatic carboxylic acids is 2. The van der Waals surface area contributed by atoms with E-state index < -0.39 is 24.0 Å². The van der Waals surface area contributed by atoms with E-state index in [9.17, 15) is 14.4 Å². The maximum atomic E-state index is 11.7. The molecule has 0 spiro atoms. The van der Waals surface area contributed by atoms with Gasteiger partial charge in [0.2, 0.25) is 0 Å². The molecule has 1 atom stereocenters. The van der Waals surface area contributed by atoms with Gasteiger partial charge in [-0.25, -0.2) is 9.59 Å². The van der Waals surface area contributed by atoms with Crippen LogP contribution in [0, 0.1) is 0 Å². The molecular formula is C12H12Cl2N2O5. The Morgan fingerprint density at radius 2 is 1.71 bits per heavy atom. The van der Waals surface area contributed by atoms with E-state index in [-0.39, 0.29) is 28.6 Å². The number of carboxylic acid groups (broad SMARTS) is 2. The summed E-state index contributed by atoms with van der Waals surface area (Å²) in [5.74, 6) is -2.49. The Hall–Kier alpha value is -1.99. The molecule has 0 radical (unpaired) electrons. The molecule has 2 amide bonds. The Labute approximate surface area is 129 Å². The molecule has 21 heavy (non-hydrogen) atoms. The summed E-state index contributed by atoms with van der Waals surface area (Å²) in [6.45, 7) is 0. The molecule has 0 saturated heterocycles. The van der Waals surface area contributed by atoms with Gasteiger partial charge in [0.1, 0.15) is 6.04 Å². The first-order valence-electron chi connectivity index (χ1n) is 5.77. The monoisotopic (exact) mass is 334 g/mol. The Kier molecular flexibility index (Phi) is 6.26. The zero-order chi connectivity index (χ0) is 16.0. The standard InChI is InChI=1S/C12H12Cl2N2O5/c13-6-2-1-3-7(14)10(6)16-12(21)15-8(11(19)20)4-5-9(17)18/h1-3,8H,4-5H2,(H,17,18)(H,19,20)(H2,15,16,21)/t8-/m0/s1. The summed E-state index contributed by atoms with van der Waals surface area (Å²) in [7, 11) is 0. The lowest BCUT2D eigenvalue weighted by atomic mass is 10.1. The van der Waals surface area contributed by atoms with Crippen LogP contribution in [0.3, 0.4) is 0 Å². The second kappa shape index (κ2) is 7.70. The smallest absolute Gasteiger partial charge is 0.326 e. The van der Waals surface area contributed by atoms with Crippen molar-refractivity contribution in [2.24, 2.45) is 0 Å². The lowest BCUT2D eigenvalue weighted by Gasteiger charge is -2.15. The molecule has 114 valence electrons. The van der Waals surface area contributed by atoms with Crippen molar-refractivity contribution in [2.45, 2.75) is 18.9 Å². The number of para-hydroxylation sites is 1. The second-order valence-corrected chi connectivity index (χ2v) is 4.83. The van der Waals surface area contributed by atoms with E-state index in [2.05, 4.69) is 10.6 Å². The zero-order valence-electron chi connectivity index (χ0n) is 10.6. The molecule has 0 bridgehead atoms. The summed E-state index contributed by atoms with van der Waals surface area (Å²) >= 11 is 11.7. The predicted octanol–water partition coefficient (Wildman–Crippen LogP) is 2.43. The fourth-order valence-electron chi connectivity index (χ4n) is 1.45. The maximum Gasteiger partial charge on any atom is 0.326 e. The van der Waals surface area contributed by atoms with Crippen LogP contribution in [0.25, 0.3) is 0 Å². The minimum Gasteiger partial charge on any atom is -0.481 e. The van der Waals surface area contributed by atoms with E-state index in [4.69, 9.17) is 33.4 Å². The summed E-state index contributed by atoms with van der Waals surface area (Å²) < 4.78 is 0. The number of halogens is 2. The predicted molar refractivity (Wildman–Crippen MR) is 76.9 cm³/mol. The first-order chi connectivity index (χ1) is 9.81. The van der Waals surface area contributed by atoms with Crippen LogP contribution in [0.15, 0.2) is 18.2 Å². The van der Waals surface area contributed by atoms with Crippen LogP contribution in [0.4, 0.5) is 10.5 Å². The van der Waals surface area contributed by atoms with Gasteiger partial charge in [-0.1, -0.05) is 29.3 Å². The fourth-order valence-corrected chi connectivity index (χ4v) is 1.94. The van der Waals surface area contributed by atoms with Crippen molar-refractivity contribution < 1.29 is 24.6 Å². The van der Waals surface area contributed by atoms with Gasteiger partial charge in [0.25, 0.3) is 0 Å². The van der Waals surface area contributed by atoms with Crippen LogP contribution < -0.4 is 10.6 Å². The van der Waals surface area contributed by atoms with Gasteiger partial charge in [0, 0.05) is 6.42 Å². The summed E-state index contributed by atoms with van der Waals surface area (Å²) in [6, 6.07) is 2.41. The van der Waals surface area contributed by atoms with Gasteiger partial charge >= 0.3 is 18.0 Å². The molecule has 0 aliphatic rings. The van der Waals surface area contributed by atoms with Crippen molar-refractivity contribution in [2.75, 3.05) is 5.32 Å². The third-order valence-corrected chi connectivity index (χ3v) is 3.08. The second-order valence-electron chi connectivity index (χ2n) is 4.02. The highest BCUT2D eigenvalue weighted by molar-refractivity contribution is 6.39. The van der Waals surface area contributed by atoms with E-state index in [1.54, 1.807) is 6.07 Å². The molecule has 7 nitrogen and oxygen atoms in total. The van der Waals surface area contributed by atoms with E-state index >= 15 is 0 Å². The minimum absolute atomic E-state index is 0.140. The quantitative estimate of drug-likeness (QED) is 0.637. The maximum absolute atomic E-state index is 11.7. The SMILES string of the molecule is O=C(O)CC[C@H](NC(=O)Nc1c(Cl)cccc1Cl)C(=O)O. The van der Waals surface area contributed by atoms with Crippen molar-refractivity contribution in [3.05, 3.63) is 28.2 Å². The molecule has 0 unspecified atom stereocenters. The number of hydrogen-bond donors (Lipinski definition) is 4. The van der Waals surface area contributed by atoms with Crippen LogP contribution in [0.5, 0.6) is 0 Å². The van der Waals surface area contributed by atoms with Crippen molar-refractivity contribution in [3.8, 4) is 0 Å². The normalized spacial score (nSPS) is 11.5. The minimum atomic E-state index is -1.34. The first-order valence-corrected chi connectivity index (χ1v) is 6.53. The van der Waals surface area contributed by atoms with Crippen molar-refractivity contribution in [3.63, 3.8) is 0 Å². The summed E-state index contributed by atoms with van der Waals surface area (Å²) in [6.07, 6.45) is -0.627. The highest BCUT2D eigenvalue weighted by Gasteiger charge is 2.21. The van der Waals surface area contributed by atoms with Gasteiger partial charge in [-0.3, -0.25) is 4.79 Å². The first kappa shape index (κ1) is 17.1. The summed E-state index contributed by atoms with van der Waals surface area (Å²) in [4.78, 5) is 33.1. The fraction of sp³-hybridized carbons (Fsp3) is 0.250. The third kappa shape index (κ3) is 5.49. The lowest BCUT2D eigenvalue weighted by molar-refractivity contribution is -0.140. The Balaban J connectivity index is 2.70. The van der Waals surface area contributed by atoms with Gasteiger partial charge in [-0.15, -0.1) is 0 Å². The lowest BCUT2D eigenvalue weighted by Crippen LogP contribution is -2.43. The van der Waals surface area contributed by atoms with Gasteiger partial charge in [-0.05, 0) is 18.6 Å². The zero-order valence-corrected chi connectivity index (χ0v) is 12.1. The van der Waals surface area contributed by atoms with Crippen LogP contribution in [-0.4, -0.2) is 34.2 Å². The highest BCUT2D eigenvalue weighted by Crippen LogP contribution is 2.29. The molecule has 0 aliphatic heterocycles. The molecule has 9 heteroatoms. The molecule has 1 aromatic carbocycles. The number of hydrogen-bond acceptors (Lipinski definition) is 3. The number of anilines is 1. The summed E-state index contributed by atoms with van der Waals surface area (Å²) in [5, 5.41) is 22.3. The van der Waals surface area contributed by atoms with Crippen molar-refractivity contribution in [1.29, 1.82) is 0 Å². The molecular weight excluding hydrogens is 323 g/mol. The Morgan fingerprint density at radius 3 is 2.19 bits per heavy atom. The molecule has 0 heterocycles. The van der Waals surface area contributed by atoms with Gasteiger partial charge in [0.15, 0.2) is 0 Å². The Morgan fingerprint density at radius 1 is 1.14 bits per heavy atom. The number of nitrogens with one attached hydrogen (secondary N) is 2. The largest absolute Gasteiger partial charge is 0.481 e. The molecule has 0 aromatic heterocycles. The Bertz CT molecular complexity index is 544. The van der Waals surface area contributed by atoms with Gasteiger partial charge < -0.3 is 20.8 Å². The highest BCUT2D eigenvalue weighted by atomic mass is 35.5. The van der Waals surface area contributed by atoms with E-state index in [1.807, 2.05) is 0 Å². The van der Waals surface area contributed by atoms with E-state index in [1.165, 1.54) is 12.1 Å². The molecule has 4 N–H and O–H groups in total. The number of carbonyl (C=O) groups is 3. The number of urea groups is 1. The average molecular weight is 335 g/mol.